The molecule has 0 radical (unpaired) electrons. The summed E-state index contributed by atoms with van der Waals surface area (Å²) in [6.07, 6.45) is 5.32. The molecule has 1 aliphatic rings. The molecule has 6 rings (SSSR count). The number of rotatable bonds is 12. The Hall–Kier alpha value is -5.88. The number of carbonyl (C=O) groups is 1. The summed E-state index contributed by atoms with van der Waals surface area (Å²) >= 11 is 0. The quantitative estimate of drug-likeness (QED) is 0.0739. The number of nitrogens with two attached hydrogens (primary N) is 1. The van der Waals surface area contributed by atoms with Crippen LogP contribution in [0.2, 0.25) is 0 Å². The van der Waals surface area contributed by atoms with E-state index in [-0.39, 0.29) is 58.2 Å². The Labute approximate surface area is 306 Å². The van der Waals surface area contributed by atoms with Gasteiger partial charge in [0.05, 0.1) is 0 Å². The molecule has 0 amide bonds. The second kappa shape index (κ2) is 15.4. The smallest absolute Gasteiger partial charge is 0.333 e. The number of ether oxygens (including phenoxy) is 2. The van der Waals surface area contributed by atoms with Crippen molar-refractivity contribution in [3.8, 4) is 17.2 Å². The molecule has 12 nitrogen and oxygen atoms in total. The van der Waals surface area contributed by atoms with Crippen molar-refractivity contribution in [3.05, 3.63) is 122 Å². The molecule has 5 aromatic rings. The normalized spacial score (nSPS) is 17.5. The number of hydrogen-bond donors (Lipinski definition) is 5. The van der Waals surface area contributed by atoms with Gasteiger partial charge in [0, 0.05) is 54.0 Å². The molecule has 3 aromatic heterocycles. The third-order valence-corrected chi connectivity index (χ3v) is 9.85. The standard InChI is InChI=1S/C41H44N4O8/c1-5-23(3)40(50)52-32-20-30-37(49)36-31(48)19-28(22-46)51-39(36)35(29(26-13-15-44-33(42)18-26)17-25-8-7-9-27(47)16-25)38(30)53-41(32,4)14-12-24-10-11-34(43-6-2)45-21-24/h5,7-11,13,15-16,18-19,21,29,32,46-47,49H,6,12,14,17,20,22H2,1-4H3,(H2,42,44)(H,43,45)/b23-5-/t29-,32-,41+/m1/s1. The Balaban J connectivity index is 1.59. The molecule has 276 valence electrons. The monoisotopic (exact) mass is 720 g/mol. The van der Waals surface area contributed by atoms with E-state index in [0.717, 1.165) is 29.6 Å². The van der Waals surface area contributed by atoms with Gasteiger partial charge in [-0.1, -0.05) is 24.3 Å². The zero-order chi connectivity index (χ0) is 37.9. The summed E-state index contributed by atoms with van der Waals surface area (Å²) in [5.74, 6) is -0.202. The van der Waals surface area contributed by atoms with Crippen molar-refractivity contribution >= 4 is 28.6 Å². The first-order valence-electron chi connectivity index (χ1n) is 17.6. The number of nitrogens with one attached hydrogen (secondary N) is 1. The van der Waals surface area contributed by atoms with Crippen LogP contribution in [-0.2, 0) is 35.4 Å². The minimum absolute atomic E-state index is 0.00540. The number of aliphatic hydroxyl groups is 1. The van der Waals surface area contributed by atoms with E-state index in [1.165, 1.54) is 0 Å². The van der Waals surface area contributed by atoms with Crippen molar-refractivity contribution < 1.29 is 34.0 Å². The SMILES string of the molecule is C/C=C(/C)C(=O)O[C@@H]1Cc2c(c([C@H](Cc3cccc(O)c3)c3ccnc(N)c3)c3oc(CO)cc(=O)c3c2O)O[C@@]1(C)CCc1ccc(NCC)nc1. The molecule has 0 fully saturated rings. The van der Waals surface area contributed by atoms with Crippen LogP contribution in [0.15, 0.2) is 87.9 Å². The number of nitrogen functional groups attached to an aromatic ring is 1. The number of allylic oxidation sites excluding steroid dienone is 1. The molecular weight excluding hydrogens is 676 g/mol. The fourth-order valence-corrected chi connectivity index (χ4v) is 6.84. The molecule has 0 unspecified atom stereocenters. The van der Waals surface area contributed by atoms with Gasteiger partial charge in [-0.25, -0.2) is 14.8 Å². The summed E-state index contributed by atoms with van der Waals surface area (Å²) in [5.41, 5.74) is 8.00. The van der Waals surface area contributed by atoms with Crippen LogP contribution in [0.4, 0.5) is 11.6 Å². The molecule has 0 bridgehead atoms. The van der Waals surface area contributed by atoms with Crippen molar-refractivity contribution in [3.63, 3.8) is 0 Å². The summed E-state index contributed by atoms with van der Waals surface area (Å²) in [5, 5.41) is 35.5. The van der Waals surface area contributed by atoms with E-state index in [0.29, 0.717) is 29.5 Å². The van der Waals surface area contributed by atoms with E-state index in [1.807, 2.05) is 32.0 Å². The molecule has 3 atom stereocenters. The molecule has 53 heavy (non-hydrogen) atoms. The lowest BCUT2D eigenvalue weighted by molar-refractivity contribution is -0.158. The number of benzene rings is 2. The minimum Gasteiger partial charge on any atom is -0.508 e. The van der Waals surface area contributed by atoms with Crippen LogP contribution in [0.3, 0.4) is 0 Å². The van der Waals surface area contributed by atoms with Gasteiger partial charge in [0.25, 0.3) is 0 Å². The van der Waals surface area contributed by atoms with Crippen LogP contribution in [0, 0.1) is 0 Å². The van der Waals surface area contributed by atoms with Gasteiger partial charge in [-0.05, 0) is 94.0 Å². The molecular formula is C41H44N4O8. The fraction of sp³-hybridized carbons (Fsp3) is 0.317. The largest absolute Gasteiger partial charge is 0.508 e. The number of pyridine rings is 2. The van der Waals surface area contributed by atoms with Crippen LogP contribution in [0.1, 0.15) is 73.6 Å². The number of aryl methyl sites for hydroxylation is 1. The first-order chi connectivity index (χ1) is 25.4. The number of phenolic OH excluding ortho intramolecular Hbond substituents is 2. The van der Waals surface area contributed by atoms with Gasteiger partial charge in [-0.15, -0.1) is 0 Å². The van der Waals surface area contributed by atoms with Crippen LogP contribution in [0.5, 0.6) is 17.2 Å². The second-order valence-corrected chi connectivity index (χ2v) is 13.5. The van der Waals surface area contributed by atoms with E-state index in [9.17, 15) is 24.9 Å². The van der Waals surface area contributed by atoms with E-state index in [1.54, 1.807) is 62.6 Å². The first kappa shape index (κ1) is 36.9. The van der Waals surface area contributed by atoms with Crippen molar-refractivity contribution in [1.29, 1.82) is 0 Å². The Bertz CT molecular complexity index is 2230. The highest BCUT2D eigenvalue weighted by atomic mass is 16.6. The average molecular weight is 721 g/mol. The number of aliphatic hydroxyl groups excluding tert-OH is 1. The van der Waals surface area contributed by atoms with E-state index < -0.39 is 35.6 Å². The van der Waals surface area contributed by atoms with Crippen molar-refractivity contribution in [2.24, 2.45) is 0 Å². The minimum atomic E-state index is -1.16. The number of hydrogen-bond acceptors (Lipinski definition) is 12. The van der Waals surface area contributed by atoms with E-state index >= 15 is 0 Å². The Kier molecular flexibility index (Phi) is 10.7. The molecule has 0 spiro atoms. The maximum atomic E-state index is 13.7. The predicted octanol–water partition coefficient (Wildman–Crippen LogP) is 6.08. The third-order valence-electron chi connectivity index (χ3n) is 9.85. The third kappa shape index (κ3) is 7.68. The van der Waals surface area contributed by atoms with Crippen molar-refractivity contribution in [1.82, 2.24) is 9.97 Å². The second-order valence-electron chi connectivity index (χ2n) is 13.5. The van der Waals surface area contributed by atoms with Crippen LogP contribution < -0.4 is 21.2 Å². The number of nitrogens with zero attached hydrogens (tertiary/aromatic N) is 2. The number of esters is 1. The number of fused-ring (bicyclic) bond motifs is 2. The van der Waals surface area contributed by atoms with Crippen LogP contribution in [0.25, 0.3) is 11.0 Å². The van der Waals surface area contributed by atoms with Gasteiger partial charge in [-0.2, -0.15) is 0 Å². The molecule has 0 saturated heterocycles. The van der Waals surface area contributed by atoms with E-state index in [4.69, 9.17) is 19.6 Å². The van der Waals surface area contributed by atoms with Gasteiger partial charge >= 0.3 is 5.97 Å². The molecule has 0 saturated carbocycles. The molecule has 4 heterocycles. The van der Waals surface area contributed by atoms with Crippen LogP contribution in [-0.4, -0.2) is 49.5 Å². The topological polar surface area (TPSA) is 190 Å². The van der Waals surface area contributed by atoms with E-state index in [2.05, 4.69) is 15.3 Å². The summed E-state index contributed by atoms with van der Waals surface area (Å²) < 4.78 is 19.4. The average Bonchev–Trinajstić information content (AvgIpc) is 3.14. The lowest BCUT2D eigenvalue weighted by Gasteiger charge is -2.43. The number of aromatic hydroxyl groups is 2. The summed E-state index contributed by atoms with van der Waals surface area (Å²) in [4.78, 5) is 35.7. The summed E-state index contributed by atoms with van der Waals surface area (Å²) in [6.45, 7) is 7.43. The summed E-state index contributed by atoms with van der Waals surface area (Å²) in [6, 6.07) is 15.3. The predicted molar refractivity (Wildman–Crippen MR) is 201 cm³/mol. The Morgan fingerprint density at radius 3 is 2.64 bits per heavy atom. The number of anilines is 2. The zero-order valence-corrected chi connectivity index (χ0v) is 30.2. The number of carbonyl (C=O) groups excluding carboxylic acids is 1. The summed E-state index contributed by atoms with van der Waals surface area (Å²) in [7, 11) is 0. The van der Waals surface area contributed by atoms with Gasteiger partial charge in [0.15, 0.2) is 5.43 Å². The maximum Gasteiger partial charge on any atom is 0.333 e. The molecule has 0 aliphatic carbocycles. The maximum absolute atomic E-state index is 13.7. The first-order valence-corrected chi connectivity index (χ1v) is 17.6. The van der Waals surface area contributed by atoms with Crippen LogP contribution >= 0.6 is 0 Å². The molecule has 12 heteroatoms. The zero-order valence-electron chi connectivity index (χ0n) is 30.2. The number of phenols is 2. The highest BCUT2D eigenvalue weighted by Gasteiger charge is 2.47. The van der Waals surface area contributed by atoms with Crippen molar-refractivity contribution in [2.75, 3.05) is 17.6 Å². The van der Waals surface area contributed by atoms with Gasteiger partial charge in [-0.3, -0.25) is 4.79 Å². The highest BCUT2D eigenvalue weighted by molar-refractivity contribution is 5.92. The Morgan fingerprint density at radius 2 is 1.96 bits per heavy atom. The number of aromatic nitrogens is 2. The highest BCUT2D eigenvalue weighted by Crippen LogP contribution is 2.51. The lowest BCUT2D eigenvalue weighted by Crippen LogP contribution is -2.52. The lowest BCUT2D eigenvalue weighted by atomic mass is 9.79. The molecule has 6 N–H and O–H groups in total. The Morgan fingerprint density at radius 1 is 1.15 bits per heavy atom. The van der Waals surface area contributed by atoms with Gasteiger partial charge < -0.3 is 40.3 Å². The van der Waals surface area contributed by atoms with Crippen molar-refractivity contribution in [2.45, 2.75) is 77.6 Å². The fourth-order valence-electron chi connectivity index (χ4n) is 6.84. The molecule has 1 aliphatic heterocycles. The van der Waals surface area contributed by atoms with Gasteiger partial charge in [0.1, 0.15) is 63.9 Å². The van der Waals surface area contributed by atoms with Gasteiger partial charge in [0.2, 0.25) is 0 Å². The molecule has 2 aromatic carbocycles.